The quantitative estimate of drug-likeness (QED) is 0.171. The molecule has 31 heavy (non-hydrogen) atoms. The molecule has 4 nitrogen and oxygen atoms in total. The van der Waals surface area contributed by atoms with Crippen molar-refractivity contribution in [1.82, 2.24) is 0 Å². The average Bonchev–Trinajstić information content (AvgIpc) is 2.68. The predicted octanol–water partition coefficient (Wildman–Crippen LogP) is 5.74. The summed E-state index contributed by atoms with van der Waals surface area (Å²) in [7, 11) is 0. The molecule has 0 spiro atoms. The number of allylic oxidation sites excluding steroid dienone is 4. The zero-order valence-corrected chi connectivity index (χ0v) is 16.8. The van der Waals surface area contributed by atoms with Crippen molar-refractivity contribution in [2.24, 2.45) is 0 Å². The molecule has 2 N–H and O–H groups in total. The van der Waals surface area contributed by atoms with Crippen LogP contribution in [-0.4, -0.2) is 34.1 Å². The normalized spacial score (nSPS) is 12.2. The van der Waals surface area contributed by atoms with Crippen molar-refractivity contribution in [1.29, 1.82) is 0 Å². The van der Waals surface area contributed by atoms with E-state index < -0.39 is 35.4 Å². The number of carbonyl (C=O) groups excluding carboxylic acids is 2. The predicted molar refractivity (Wildman–Crippen MR) is 95.1 cm³/mol. The molecule has 0 heterocycles. The molecule has 2 aromatic rings. The number of benzene rings is 2. The first-order valence-corrected chi connectivity index (χ1v) is 7.97. The van der Waals surface area contributed by atoms with Gasteiger partial charge in [0.15, 0.2) is 11.6 Å². The van der Waals surface area contributed by atoms with Crippen LogP contribution >= 0.6 is 0 Å². The zero-order valence-electron chi connectivity index (χ0n) is 15.2. The SMILES string of the molecule is O=C(/C=C(\O)C(F)(F)F)c1ccccc1.O=C(/C=C(\O)C(F)(F)F)c1ccccc1.[Pd]. The van der Waals surface area contributed by atoms with E-state index in [0.717, 1.165) is 0 Å². The van der Waals surface area contributed by atoms with E-state index in [1.54, 1.807) is 12.1 Å². The molecule has 2 rings (SSSR count). The third-order valence-electron chi connectivity index (χ3n) is 3.23. The Hall–Kier alpha value is -2.90. The second-order valence-electron chi connectivity index (χ2n) is 5.52. The second-order valence-corrected chi connectivity index (χ2v) is 5.52. The largest absolute Gasteiger partial charge is 0.504 e. The summed E-state index contributed by atoms with van der Waals surface area (Å²) in [5.41, 5.74) is 0.182. The van der Waals surface area contributed by atoms with Gasteiger partial charge in [-0.15, -0.1) is 0 Å². The molecule has 0 bridgehead atoms. The minimum Gasteiger partial charge on any atom is -0.504 e. The average molecular weight is 539 g/mol. The van der Waals surface area contributed by atoms with Gasteiger partial charge in [0.2, 0.25) is 11.5 Å². The van der Waals surface area contributed by atoms with E-state index in [0.29, 0.717) is 0 Å². The topological polar surface area (TPSA) is 74.6 Å². The summed E-state index contributed by atoms with van der Waals surface area (Å²) < 4.78 is 71.1. The smallest absolute Gasteiger partial charge is 0.448 e. The summed E-state index contributed by atoms with van der Waals surface area (Å²) in [5, 5.41) is 17.1. The Bertz CT molecular complexity index is 843. The molecular weight excluding hydrogens is 525 g/mol. The molecule has 0 aliphatic heterocycles. The molecule has 0 aliphatic carbocycles. The van der Waals surface area contributed by atoms with Crippen molar-refractivity contribution in [3.63, 3.8) is 0 Å². The van der Waals surface area contributed by atoms with E-state index >= 15 is 0 Å². The van der Waals surface area contributed by atoms with Crippen molar-refractivity contribution in [2.75, 3.05) is 0 Å². The summed E-state index contributed by atoms with van der Waals surface area (Å²) in [6.45, 7) is 0. The van der Waals surface area contributed by atoms with Crippen LogP contribution in [0.2, 0.25) is 0 Å². The van der Waals surface area contributed by atoms with Gasteiger partial charge in [-0.2, -0.15) is 26.3 Å². The van der Waals surface area contributed by atoms with Crippen LogP contribution in [0.15, 0.2) is 84.3 Å². The number of aliphatic hydroxyl groups is 2. The number of carbonyl (C=O) groups is 2. The molecule has 11 heteroatoms. The van der Waals surface area contributed by atoms with Gasteiger partial charge in [0.05, 0.1) is 0 Å². The second kappa shape index (κ2) is 12.1. The molecule has 0 atom stereocenters. The van der Waals surface area contributed by atoms with E-state index in [1.807, 2.05) is 0 Å². The molecule has 2 aromatic carbocycles. The summed E-state index contributed by atoms with van der Waals surface area (Å²) in [4.78, 5) is 22.3. The summed E-state index contributed by atoms with van der Waals surface area (Å²) >= 11 is 0. The van der Waals surface area contributed by atoms with E-state index in [2.05, 4.69) is 0 Å². The van der Waals surface area contributed by atoms with Crippen molar-refractivity contribution < 1.29 is 66.6 Å². The van der Waals surface area contributed by atoms with E-state index in [4.69, 9.17) is 10.2 Å². The molecule has 0 amide bonds. The van der Waals surface area contributed by atoms with Gasteiger partial charge in [-0.25, -0.2) is 0 Å². The summed E-state index contributed by atoms with van der Waals surface area (Å²) in [5.74, 6) is -5.55. The Labute approximate surface area is 186 Å². The Morgan fingerprint density at radius 1 is 0.613 bits per heavy atom. The van der Waals surface area contributed by atoms with Gasteiger partial charge >= 0.3 is 12.4 Å². The minimum atomic E-state index is -4.88. The maximum absolute atomic E-state index is 11.9. The van der Waals surface area contributed by atoms with Gasteiger partial charge in [-0.05, 0) is 0 Å². The van der Waals surface area contributed by atoms with Crippen LogP contribution in [0.25, 0.3) is 0 Å². The van der Waals surface area contributed by atoms with Crippen molar-refractivity contribution >= 4 is 11.6 Å². The van der Waals surface area contributed by atoms with Crippen molar-refractivity contribution in [2.45, 2.75) is 12.4 Å². The number of hydrogen-bond donors (Lipinski definition) is 2. The fourth-order valence-corrected chi connectivity index (χ4v) is 1.78. The number of halogens is 6. The first-order chi connectivity index (χ1) is 13.8. The molecule has 170 valence electrons. The van der Waals surface area contributed by atoms with Gasteiger partial charge in [-0.3, -0.25) is 9.59 Å². The van der Waals surface area contributed by atoms with Crippen LogP contribution in [0.1, 0.15) is 20.7 Å². The molecule has 0 saturated carbocycles. The first kappa shape index (κ1) is 28.1. The fourth-order valence-electron chi connectivity index (χ4n) is 1.78. The Balaban J connectivity index is 0.000000562. The maximum atomic E-state index is 11.9. The van der Waals surface area contributed by atoms with Crippen LogP contribution in [0.5, 0.6) is 0 Å². The number of ketones is 2. The Morgan fingerprint density at radius 3 is 1.10 bits per heavy atom. The fraction of sp³-hybridized carbons (Fsp3) is 0.100. The van der Waals surface area contributed by atoms with Gasteiger partial charge in [0.25, 0.3) is 0 Å². The number of alkyl halides is 6. The van der Waals surface area contributed by atoms with Crippen LogP contribution in [-0.2, 0) is 20.4 Å². The monoisotopic (exact) mass is 538 g/mol. The van der Waals surface area contributed by atoms with E-state index in [-0.39, 0.29) is 43.7 Å². The van der Waals surface area contributed by atoms with Gasteiger partial charge in [0, 0.05) is 43.7 Å². The van der Waals surface area contributed by atoms with E-state index in [1.165, 1.54) is 48.5 Å². The first-order valence-electron chi connectivity index (χ1n) is 7.97. The van der Waals surface area contributed by atoms with Crippen LogP contribution in [0.4, 0.5) is 26.3 Å². The van der Waals surface area contributed by atoms with Crippen LogP contribution in [0, 0.1) is 0 Å². The molecule has 0 radical (unpaired) electrons. The minimum absolute atomic E-state index is 0. The van der Waals surface area contributed by atoms with Crippen LogP contribution < -0.4 is 0 Å². The van der Waals surface area contributed by atoms with Gasteiger partial charge in [0.1, 0.15) is 0 Å². The molecule has 0 aromatic heterocycles. The Morgan fingerprint density at radius 2 is 0.871 bits per heavy atom. The number of hydrogen-bond acceptors (Lipinski definition) is 4. The molecule has 0 aliphatic rings. The summed E-state index contributed by atoms with van der Waals surface area (Å²) in [6, 6.07) is 14.8. The molecular formula is C20H14F6O4Pd. The zero-order chi connectivity index (χ0) is 22.9. The van der Waals surface area contributed by atoms with Crippen molar-refractivity contribution in [3.8, 4) is 0 Å². The molecule has 0 fully saturated rings. The third-order valence-corrected chi connectivity index (χ3v) is 3.23. The van der Waals surface area contributed by atoms with Gasteiger partial charge < -0.3 is 10.2 Å². The Kier molecular flexibility index (Phi) is 10.9. The van der Waals surface area contributed by atoms with Gasteiger partial charge in [-0.1, -0.05) is 60.7 Å². The van der Waals surface area contributed by atoms with Crippen LogP contribution in [0.3, 0.4) is 0 Å². The number of rotatable bonds is 4. The van der Waals surface area contributed by atoms with Crippen molar-refractivity contribution in [3.05, 3.63) is 95.5 Å². The molecule has 0 unspecified atom stereocenters. The summed E-state index contributed by atoms with van der Waals surface area (Å²) in [6.07, 6.45) is -9.44. The third kappa shape index (κ3) is 10.1. The molecule has 0 saturated heterocycles. The maximum Gasteiger partial charge on any atom is 0.448 e. The van der Waals surface area contributed by atoms with E-state index in [9.17, 15) is 35.9 Å². The standard InChI is InChI=1S/2C10H7F3O2.Pd/c2*11-10(12,13)9(15)6-8(14)7-4-2-1-3-5-7;/h2*1-6,15H;/b2*9-6-;. The number of aliphatic hydroxyl groups excluding tert-OH is 2.